The van der Waals surface area contributed by atoms with Gasteiger partial charge >= 0.3 is 0 Å². The van der Waals surface area contributed by atoms with Crippen LogP contribution in [0.4, 0.5) is 4.39 Å². The van der Waals surface area contributed by atoms with E-state index in [1.54, 1.807) is 12.1 Å². The maximum absolute atomic E-state index is 14.2. The van der Waals surface area contributed by atoms with E-state index in [0.29, 0.717) is 5.92 Å². The van der Waals surface area contributed by atoms with Crippen molar-refractivity contribution in [1.82, 2.24) is 9.88 Å². The number of benzene rings is 2. The fourth-order valence-corrected chi connectivity index (χ4v) is 6.06. The topological polar surface area (TPSA) is 49.6 Å². The van der Waals surface area contributed by atoms with Crippen molar-refractivity contribution in [1.29, 1.82) is 0 Å². The largest absolute Gasteiger partial charge is 0.393 e. The molecule has 42 heavy (non-hydrogen) atoms. The molecule has 1 aromatic heterocycles. The first-order valence-corrected chi connectivity index (χ1v) is 15.5. The fraction of sp³-hybridized carbons (Fsp3) is 0.432. The van der Waals surface area contributed by atoms with Gasteiger partial charge in [-0.1, -0.05) is 75.9 Å². The summed E-state index contributed by atoms with van der Waals surface area (Å²) < 4.78 is 16.6. The van der Waals surface area contributed by atoms with Gasteiger partial charge < -0.3 is 15.0 Å². The number of hydrogen-bond donors (Lipinski definition) is 2. The number of aliphatic hydroxyl groups excluding tert-OH is 1. The Hall–Kier alpha value is -3.44. The predicted molar refractivity (Wildman–Crippen MR) is 176 cm³/mol. The summed E-state index contributed by atoms with van der Waals surface area (Å²) in [6.45, 7) is 17.6. The Morgan fingerprint density at radius 2 is 1.71 bits per heavy atom. The molecule has 0 spiro atoms. The Labute approximate surface area is 252 Å². The predicted octanol–water partition coefficient (Wildman–Crippen LogP) is 9.36. The molecule has 3 aromatic rings. The summed E-state index contributed by atoms with van der Waals surface area (Å²) in [5.74, 6) is 0.109. The van der Waals surface area contributed by atoms with Gasteiger partial charge in [0.05, 0.1) is 17.5 Å². The normalized spacial score (nSPS) is 18.2. The first-order valence-electron chi connectivity index (χ1n) is 15.5. The fourth-order valence-electron chi connectivity index (χ4n) is 6.06. The summed E-state index contributed by atoms with van der Waals surface area (Å²) in [7, 11) is 0. The van der Waals surface area contributed by atoms with E-state index >= 15 is 0 Å². The Morgan fingerprint density at radius 1 is 1.05 bits per heavy atom. The molecule has 1 aliphatic heterocycles. The van der Waals surface area contributed by atoms with Crippen LogP contribution in [0.15, 0.2) is 77.8 Å². The van der Waals surface area contributed by atoms with E-state index in [4.69, 9.17) is 4.99 Å². The third kappa shape index (κ3) is 7.12. The molecule has 5 heteroatoms. The molecule has 0 saturated carbocycles. The first kappa shape index (κ1) is 31.5. The number of aliphatic imine (C=N–C) groups is 1. The number of rotatable bonds is 13. The van der Waals surface area contributed by atoms with Crippen LogP contribution in [0.5, 0.6) is 0 Å². The second-order valence-corrected chi connectivity index (χ2v) is 12.3. The molecule has 4 nitrogen and oxygen atoms in total. The number of dihydropyridines is 1. The van der Waals surface area contributed by atoms with Crippen molar-refractivity contribution in [3.8, 4) is 22.3 Å². The summed E-state index contributed by atoms with van der Waals surface area (Å²) in [5, 5.41) is 14.0. The van der Waals surface area contributed by atoms with Crippen LogP contribution >= 0.6 is 0 Å². The van der Waals surface area contributed by atoms with E-state index in [-0.39, 0.29) is 18.0 Å². The lowest BCUT2D eigenvalue weighted by Crippen LogP contribution is -2.40. The van der Waals surface area contributed by atoms with E-state index in [9.17, 15) is 9.50 Å². The number of hydrogen-bond acceptors (Lipinski definition) is 3. The number of allylic oxidation sites excluding steroid dienone is 1. The number of nitrogens with one attached hydrogen (secondary N) is 1. The Bertz CT molecular complexity index is 1420. The van der Waals surface area contributed by atoms with Crippen molar-refractivity contribution in [2.75, 3.05) is 0 Å². The van der Waals surface area contributed by atoms with Gasteiger partial charge in [-0.15, -0.1) is 0 Å². The summed E-state index contributed by atoms with van der Waals surface area (Å²) in [6, 6.07) is 17.5. The Kier molecular flexibility index (Phi) is 10.3. The third-order valence-corrected chi connectivity index (χ3v) is 8.43. The summed E-state index contributed by atoms with van der Waals surface area (Å²) in [4.78, 5) is 4.91. The van der Waals surface area contributed by atoms with Crippen LogP contribution in [0.25, 0.3) is 28.0 Å². The monoisotopic (exact) mass is 569 g/mol. The first-order chi connectivity index (χ1) is 20.1. The lowest BCUT2D eigenvalue weighted by Gasteiger charge is -2.31. The van der Waals surface area contributed by atoms with Crippen molar-refractivity contribution >= 4 is 11.9 Å². The molecule has 2 heterocycles. The van der Waals surface area contributed by atoms with Crippen LogP contribution in [-0.4, -0.2) is 27.7 Å². The van der Waals surface area contributed by atoms with E-state index in [2.05, 4.69) is 81.4 Å². The van der Waals surface area contributed by atoms with Crippen LogP contribution in [0, 0.1) is 11.7 Å². The highest BCUT2D eigenvalue weighted by Crippen LogP contribution is 2.45. The van der Waals surface area contributed by atoms with Gasteiger partial charge in [0.25, 0.3) is 0 Å². The van der Waals surface area contributed by atoms with Crippen molar-refractivity contribution in [3.63, 3.8) is 0 Å². The molecule has 4 rings (SSSR count). The smallest absolute Gasteiger partial charge is 0.130 e. The third-order valence-electron chi connectivity index (χ3n) is 8.43. The number of aromatic nitrogens is 1. The molecule has 0 fully saturated rings. The maximum Gasteiger partial charge on any atom is 0.130 e. The quantitative estimate of drug-likeness (QED) is 0.215. The van der Waals surface area contributed by atoms with Crippen molar-refractivity contribution in [2.24, 2.45) is 10.9 Å². The molecular formula is C37H48FN3O. The van der Waals surface area contributed by atoms with Gasteiger partial charge in [0.2, 0.25) is 0 Å². The SMILES string of the molecule is C=C(NC1(C)CC=C(CC)C=N1)c1c(-c2ccccc2)c(-c2ccc(F)cc2)c(CCC(C)CC(O)CC)n1C(C)C. The molecule has 224 valence electrons. The molecule has 2 N–H and O–H groups in total. The van der Waals surface area contributed by atoms with Crippen LogP contribution in [-0.2, 0) is 6.42 Å². The van der Waals surface area contributed by atoms with Crippen molar-refractivity contribution < 1.29 is 9.50 Å². The molecule has 0 saturated heterocycles. The maximum atomic E-state index is 14.2. The van der Waals surface area contributed by atoms with E-state index in [1.807, 2.05) is 31.3 Å². The lowest BCUT2D eigenvalue weighted by atomic mass is 9.91. The zero-order chi connectivity index (χ0) is 30.4. The average molecular weight is 570 g/mol. The molecule has 0 aliphatic carbocycles. The summed E-state index contributed by atoms with van der Waals surface area (Å²) >= 11 is 0. The molecule has 0 amide bonds. The minimum absolute atomic E-state index is 0.149. The van der Waals surface area contributed by atoms with Crippen LogP contribution in [0.1, 0.15) is 91.1 Å². The van der Waals surface area contributed by atoms with Crippen LogP contribution < -0.4 is 5.32 Å². The lowest BCUT2D eigenvalue weighted by molar-refractivity contribution is 0.139. The van der Waals surface area contributed by atoms with Gasteiger partial charge in [-0.2, -0.15) is 0 Å². The highest BCUT2D eigenvalue weighted by Gasteiger charge is 2.31. The van der Waals surface area contributed by atoms with E-state index < -0.39 is 5.66 Å². The van der Waals surface area contributed by atoms with Gasteiger partial charge in [-0.25, -0.2) is 4.39 Å². The number of aliphatic hydroxyl groups is 1. The van der Waals surface area contributed by atoms with Crippen molar-refractivity contribution in [3.05, 3.63) is 90.0 Å². The average Bonchev–Trinajstić information content (AvgIpc) is 3.33. The molecule has 0 bridgehead atoms. The second kappa shape index (κ2) is 13.7. The molecule has 0 radical (unpaired) electrons. The van der Waals surface area contributed by atoms with E-state index in [0.717, 1.165) is 72.2 Å². The number of halogens is 1. The molecule has 3 unspecified atom stereocenters. The highest BCUT2D eigenvalue weighted by atomic mass is 19.1. The Morgan fingerprint density at radius 3 is 2.29 bits per heavy atom. The molecule has 1 aliphatic rings. The molecule has 3 atom stereocenters. The molecular weight excluding hydrogens is 521 g/mol. The van der Waals surface area contributed by atoms with Gasteiger partial charge in [0.15, 0.2) is 0 Å². The minimum atomic E-state index is -0.503. The summed E-state index contributed by atoms with van der Waals surface area (Å²) in [5.41, 5.74) is 8.09. The van der Waals surface area contributed by atoms with Crippen LogP contribution in [0.2, 0.25) is 0 Å². The number of nitrogens with zero attached hydrogens (tertiary/aromatic N) is 2. The van der Waals surface area contributed by atoms with Gasteiger partial charge in [-0.3, -0.25) is 4.99 Å². The van der Waals surface area contributed by atoms with Crippen LogP contribution in [0.3, 0.4) is 0 Å². The van der Waals surface area contributed by atoms with Gasteiger partial charge in [0.1, 0.15) is 11.5 Å². The zero-order valence-corrected chi connectivity index (χ0v) is 26.3. The summed E-state index contributed by atoms with van der Waals surface area (Å²) in [6.07, 6.45) is 9.00. The highest BCUT2D eigenvalue weighted by molar-refractivity contribution is 5.93. The standard InChI is InChI=1S/C37H48FN3O/c1-8-28-21-22-37(7,39-24-28)40-27(6)36-35(29-13-11-10-12-14-29)34(30-16-18-31(38)19-17-30)33(41(36)25(3)4)20-15-26(5)23-32(42)9-2/h10-14,16-19,21,24-26,32,40,42H,6,8-9,15,20,22-23H2,1-5,7H3. The Balaban J connectivity index is 1.91. The van der Waals surface area contributed by atoms with Gasteiger partial charge in [0, 0.05) is 35.5 Å². The minimum Gasteiger partial charge on any atom is -0.393 e. The van der Waals surface area contributed by atoms with Crippen molar-refractivity contribution in [2.45, 2.75) is 97.9 Å². The van der Waals surface area contributed by atoms with E-state index in [1.165, 1.54) is 11.3 Å². The second-order valence-electron chi connectivity index (χ2n) is 12.3. The molecule has 2 aromatic carbocycles. The van der Waals surface area contributed by atoms with Gasteiger partial charge in [-0.05, 0) is 87.6 Å². The zero-order valence-electron chi connectivity index (χ0n) is 26.3.